The maximum atomic E-state index is 12.6. The van der Waals surface area contributed by atoms with Crippen LogP contribution in [0, 0.1) is 13.8 Å². The molecule has 1 N–H and O–H groups in total. The van der Waals surface area contributed by atoms with Gasteiger partial charge in [-0.15, -0.1) is 5.10 Å². The lowest BCUT2D eigenvalue weighted by molar-refractivity contribution is 0.102. The largest absolute Gasteiger partial charge is 0.345 e. The second-order valence-electron chi connectivity index (χ2n) is 6.84. The van der Waals surface area contributed by atoms with Gasteiger partial charge in [0, 0.05) is 34.4 Å². The highest BCUT2D eigenvalue weighted by Crippen LogP contribution is 2.23. The van der Waals surface area contributed by atoms with Crippen molar-refractivity contribution in [3.05, 3.63) is 71.2 Å². The van der Waals surface area contributed by atoms with Crippen LogP contribution in [0.25, 0.3) is 10.9 Å². The fourth-order valence-corrected chi connectivity index (χ4v) is 3.44. The van der Waals surface area contributed by atoms with Crippen LogP contribution in [0.5, 0.6) is 0 Å². The third-order valence-corrected chi connectivity index (χ3v) is 4.94. The van der Waals surface area contributed by atoms with Crippen LogP contribution in [0.3, 0.4) is 0 Å². The number of hydrogen-bond donors (Lipinski definition) is 1. The zero-order valence-corrected chi connectivity index (χ0v) is 16.2. The van der Waals surface area contributed by atoms with Gasteiger partial charge in [0.15, 0.2) is 0 Å². The molecule has 0 saturated carbocycles. The zero-order chi connectivity index (χ0) is 19.7. The fourth-order valence-electron chi connectivity index (χ4n) is 3.44. The molecule has 2 aromatic carbocycles. The van der Waals surface area contributed by atoms with E-state index in [9.17, 15) is 4.79 Å². The minimum Gasteiger partial charge on any atom is -0.345 e. The monoisotopic (exact) mass is 374 g/mol. The molecule has 0 fully saturated rings. The summed E-state index contributed by atoms with van der Waals surface area (Å²) in [6.07, 6.45) is 0. The maximum absolute atomic E-state index is 12.6. The topological polar surface area (TPSA) is 77.6 Å². The third-order valence-electron chi connectivity index (χ3n) is 4.94. The first-order valence-electron chi connectivity index (χ1n) is 9.28. The van der Waals surface area contributed by atoms with Gasteiger partial charge in [0.2, 0.25) is 0 Å². The van der Waals surface area contributed by atoms with Crippen LogP contribution < -0.4 is 5.32 Å². The highest BCUT2D eigenvalue weighted by atomic mass is 16.1. The first-order chi connectivity index (χ1) is 13.5. The number of rotatable bonds is 5. The van der Waals surface area contributed by atoms with E-state index in [1.165, 1.54) is 11.2 Å². The van der Waals surface area contributed by atoms with Gasteiger partial charge in [-0.3, -0.25) is 4.79 Å². The summed E-state index contributed by atoms with van der Waals surface area (Å²) in [7, 11) is 0. The molecule has 0 spiro atoms. The van der Waals surface area contributed by atoms with Crippen molar-refractivity contribution in [1.82, 2.24) is 24.8 Å². The summed E-state index contributed by atoms with van der Waals surface area (Å²) in [6.45, 7) is 7.59. The molecule has 2 aromatic heterocycles. The van der Waals surface area contributed by atoms with E-state index in [1.54, 1.807) is 4.68 Å². The van der Waals surface area contributed by atoms with E-state index >= 15 is 0 Å². The maximum Gasteiger partial charge on any atom is 0.255 e. The van der Waals surface area contributed by atoms with Crippen molar-refractivity contribution < 1.29 is 4.79 Å². The molecule has 0 bridgehead atoms. The second-order valence-corrected chi connectivity index (χ2v) is 6.84. The fraction of sp³-hybridized carbons (Fsp3) is 0.238. The number of fused-ring (bicyclic) bond motifs is 1. The summed E-state index contributed by atoms with van der Waals surface area (Å²) in [6, 6.07) is 15.6. The van der Waals surface area contributed by atoms with E-state index in [1.807, 2.05) is 43.3 Å². The van der Waals surface area contributed by atoms with E-state index in [4.69, 9.17) is 0 Å². The van der Waals surface area contributed by atoms with Gasteiger partial charge in [-0.2, -0.15) is 0 Å². The van der Waals surface area contributed by atoms with E-state index in [0.717, 1.165) is 29.0 Å². The molecule has 4 aromatic rings. The van der Waals surface area contributed by atoms with Gasteiger partial charge in [0.05, 0.1) is 6.54 Å². The first-order valence-corrected chi connectivity index (χ1v) is 9.28. The molecule has 0 aliphatic carbocycles. The lowest BCUT2D eigenvalue weighted by Gasteiger charge is -2.08. The number of amides is 1. The Kier molecular flexibility index (Phi) is 4.65. The van der Waals surface area contributed by atoms with Crippen LogP contribution in [-0.2, 0) is 13.1 Å². The predicted molar refractivity (Wildman–Crippen MR) is 108 cm³/mol. The van der Waals surface area contributed by atoms with Gasteiger partial charge in [0.1, 0.15) is 5.82 Å². The summed E-state index contributed by atoms with van der Waals surface area (Å²) in [5.74, 6) is 0.625. The van der Waals surface area contributed by atoms with Crippen LogP contribution in [0.4, 0.5) is 5.69 Å². The Labute approximate surface area is 163 Å². The van der Waals surface area contributed by atoms with Gasteiger partial charge in [-0.1, -0.05) is 12.1 Å². The zero-order valence-electron chi connectivity index (χ0n) is 16.2. The molecule has 0 saturated heterocycles. The van der Waals surface area contributed by atoms with Gasteiger partial charge >= 0.3 is 0 Å². The van der Waals surface area contributed by atoms with Crippen molar-refractivity contribution in [3.63, 3.8) is 0 Å². The summed E-state index contributed by atoms with van der Waals surface area (Å²) in [5.41, 5.74) is 4.83. The Morgan fingerprint density at radius 3 is 2.54 bits per heavy atom. The number of carbonyl (C=O) groups excluding carboxylic acids is 1. The van der Waals surface area contributed by atoms with Crippen molar-refractivity contribution in [2.24, 2.45) is 0 Å². The molecular weight excluding hydrogens is 352 g/mol. The number of nitrogens with zero attached hydrogens (tertiary/aromatic N) is 5. The molecule has 0 aliphatic rings. The summed E-state index contributed by atoms with van der Waals surface area (Å²) >= 11 is 0. The first kappa shape index (κ1) is 17.9. The van der Waals surface area contributed by atoms with E-state index in [0.29, 0.717) is 12.1 Å². The molecule has 4 rings (SSSR count). The Morgan fingerprint density at radius 2 is 1.86 bits per heavy atom. The number of nitrogens with one attached hydrogen (secondary N) is 1. The van der Waals surface area contributed by atoms with Crippen molar-refractivity contribution in [1.29, 1.82) is 0 Å². The Bertz CT molecular complexity index is 1140. The molecule has 142 valence electrons. The number of aromatic nitrogens is 5. The molecule has 28 heavy (non-hydrogen) atoms. The summed E-state index contributed by atoms with van der Waals surface area (Å²) in [4.78, 5) is 12.6. The molecule has 2 heterocycles. The standard InChI is InChI=1S/C21H22N6O/c1-4-26-14(2)11-18-12-19(9-10-20(18)26)22-21(28)17-7-5-16(6-8-17)13-27-15(3)23-24-25-27/h5-12H,4,13H2,1-3H3,(H,22,28). The van der Waals surface area contributed by atoms with Crippen molar-refractivity contribution in [3.8, 4) is 0 Å². The Morgan fingerprint density at radius 1 is 1.07 bits per heavy atom. The number of aryl methyl sites for hydroxylation is 3. The number of carbonyl (C=O) groups is 1. The highest BCUT2D eigenvalue weighted by molar-refractivity contribution is 6.05. The summed E-state index contributed by atoms with van der Waals surface area (Å²) < 4.78 is 3.97. The minimum absolute atomic E-state index is 0.129. The van der Waals surface area contributed by atoms with Crippen LogP contribution in [0.2, 0.25) is 0 Å². The molecule has 7 heteroatoms. The molecular formula is C21H22N6O. The van der Waals surface area contributed by atoms with E-state index in [2.05, 4.69) is 51.4 Å². The molecule has 0 unspecified atom stereocenters. The third kappa shape index (κ3) is 3.38. The average Bonchev–Trinajstić information content (AvgIpc) is 3.23. The Hall–Kier alpha value is -3.48. The van der Waals surface area contributed by atoms with E-state index in [-0.39, 0.29) is 5.91 Å². The van der Waals surface area contributed by atoms with Crippen LogP contribution in [0.1, 0.15) is 34.4 Å². The molecule has 7 nitrogen and oxygen atoms in total. The lowest BCUT2D eigenvalue weighted by Crippen LogP contribution is -2.12. The lowest BCUT2D eigenvalue weighted by atomic mass is 10.1. The normalized spacial score (nSPS) is 11.1. The number of hydrogen-bond acceptors (Lipinski definition) is 4. The van der Waals surface area contributed by atoms with Crippen molar-refractivity contribution in [2.45, 2.75) is 33.9 Å². The number of tetrazole rings is 1. The second kappa shape index (κ2) is 7.26. The average molecular weight is 374 g/mol. The van der Waals surface area contributed by atoms with E-state index < -0.39 is 0 Å². The quantitative estimate of drug-likeness (QED) is 0.579. The Balaban J connectivity index is 1.49. The van der Waals surface area contributed by atoms with Crippen LogP contribution in [0.15, 0.2) is 48.5 Å². The molecule has 0 aliphatic heterocycles. The molecule has 1 amide bonds. The van der Waals surface area contributed by atoms with Gasteiger partial charge in [0.25, 0.3) is 5.91 Å². The smallest absolute Gasteiger partial charge is 0.255 e. The summed E-state index contributed by atoms with van der Waals surface area (Å²) in [5, 5.41) is 15.6. The van der Waals surface area contributed by atoms with Crippen molar-refractivity contribution in [2.75, 3.05) is 5.32 Å². The SMILES string of the molecule is CCn1c(C)cc2cc(NC(=O)c3ccc(Cn4nnnc4C)cc3)ccc21. The minimum atomic E-state index is -0.129. The van der Waals surface area contributed by atoms with Gasteiger partial charge in [-0.25, -0.2) is 4.68 Å². The van der Waals surface area contributed by atoms with Crippen LogP contribution in [-0.4, -0.2) is 30.7 Å². The molecule has 0 atom stereocenters. The van der Waals surface area contributed by atoms with Crippen LogP contribution >= 0.6 is 0 Å². The van der Waals surface area contributed by atoms with Gasteiger partial charge in [-0.05, 0) is 73.2 Å². The highest BCUT2D eigenvalue weighted by Gasteiger charge is 2.09. The number of benzene rings is 2. The number of anilines is 1. The molecule has 0 radical (unpaired) electrons. The predicted octanol–water partition coefficient (Wildman–Crippen LogP) is 3.57. The van der Waals surface area contributed by atoms with Gasteiger partial charge < -0.3 is 9.88 Å². The van der Waals surface area contributed by atoms with Crippen molar-refractivity contribution >= 4 is 22.5 Å².